The molecule has 6 nitrogen and oxygen atoms in total. The zero-order valence-electron chi connectivity index (χ0n) is 15.1. The lowest BCUT2D eigenvalue weighted by atomic mass is 9.98. The molecule has 0 aliphatic carbocycles. The van der Waals surface area contributed by atoms with Crippen molar-refractivity contribution in [2.24, 2.45) is 0 Å². The van der Waals surface area contributed by atoms with Gasteiger partial charge in [-0.15, -0.1) is 11.8 Å². The largest absolute Gasteiger partial charge is 0.480 e. The summed E-state index contributed by atoms with van der Waals surface area (Å²) < 4.78 is 1.27. The van der Waals surface area contributed by atoms with E-state index >= 15 is 0 Å². The minimum atomic E-state index is -1.05. The fourth-order valence-electron chi connectivity index (χ4n) is 3.60. The zero-order valence-corrected chi connectivity index (χ0v) is 16.0. The van der Waals surface area contributed by atoms with Crippen molar-refractivity contribution in [2.75, 3.05) is 11.1 Å². The molecular formula is C21H18N2O4S. The molecule has 2 aromatic carbocycles. The van der Waals surface area contributed by atoms with Crippen LogP contribution in [0.1, 0.15) is 24.1 Å². The van der Waals surface area contributed by atoms with Crippen LogP contribution in [-0.4, -0.2) is 27.3 Å². The molecule has 1 unspecified atom stereocenters. The van der Waals surface area contributed by atoms with Crippen LogP contribution in [0.2, 0.25) is 0 Å². The van der Waals surface area contributed by atoms with Gasteiger partial charge in [0.25, 0.3) is 5.56 Å². The van der Waals surface area contributed by atoms with Crippen molar-refractivity contribution >= 4 is 40.1 Å². The van der Waals surface area contributed by atoms with Crippen LogP contribution < -0.4 is 10.9 Å². The fraction of sp³-hybridized carbons (Fsp3) is 0.190. The van der Waals surface area contributed by atoms with Gasteiger partial charge in [-0.05, 0) is 21.9 Å². The minimum Gasteiger partial charge on any atom is -0.480 e. The highest BCUT2D eigenvalue weighted by Gasteiger charge is 2.33. The van der Waals surface area contributed by atoms with E-state index in [1.807, 2.05) is 42.5 Å². The number of pyridine rings is 1. The lowest BCUT2D eigenvalue weighted by Gasteiger charge is -2.17. The molecule has 1 aliphatic heterocycles. The third-order valence-electron chi connectivity index (χ3n) is 4.83. The number of anilines is 1. The van der Waals surface area contributed by atoms with Gasteiger partial charge in [-0.1, -0.05) is 42.5 Å². The molecule has 3 aromatic rings. The molecule has 2 heterocycles. The fourth-order valence-corrected chi connectivity index (χ4v) is 4.89. The summed E-state index contributed by atoms with van der Waals surface area (Å²) in [5, 5.41) is 14.9. The van der Waals surface area contributed by atoms with Crippen molar-refractivity contribution in [3.8, 4) is 0 Å². The summed E-state index contributed by atoms with van der Waals surface area (Å²) in [5.74, 6) is -1.06. The first kappa shape index (κ1) is 18.3. The van der Waals surface area contributed by atoms with E-state index in [9.17, 15) is 19.5 Å². The number of thioether (sulfide) groups is 1. The van der Waals surface area contributed by atoms with Crippen LogP contribution in [0.15, 0.2) is 58.4 Å². The molecule has 1 atom stereocenters. The normalized spacial score (nSPS) is 15.4. The molecule has 0 saturated carbocycles. The number of carbonyl (C=O) groups is 2. The van der Waals surface area contributed by atoms with Gasteiger partial charge >= 0.3 is 5.97 Å². The Hall–Kier alpha value is -3.06. The van der Waals surface area contributed by atoms with Crippen LogP contribution in [0.5, 0.6) is 0 Å². The summed E-state index contributed by atoms with van der Waals surface area (Å²) in [6, 6.07) is 14.5. The maximum absolute atomic E-state index is 12.7. The van der Waals surface area contributed by atoms with Crippen LogP contribution in [0.4, 0.5) is 5.69 Å². The molecule has 1 aromatic heterocycles. The summed E-state index contributed by atoms with van der Waals surface area (Å²) in [7, 11) is 0. The van der Waals surface area contributed by atoms with Gasteiger partial charge in [0.2, 0.25) is 5.91 Å². The molecule has 0 spiro atoms. The zero-order chi connectivity index (χ0) is 19.8. The third-order valence-corrected chi connectivity index (χ3v) is 5.98. The van der Waals surface area contributed by atoms with E-state index in [0.29, 0.717) is 22.7 Å². The molecule has 4 rings (SSSR count). The number of nitrogens with zero attached hydrogens (tertiary/aromatic N) is 1. The van der Waals surface area contributed by atoms with Crippen LogP contribution in [0.3, 0.4) is 0 Å². The summed E-state index contributed by atoms with van der Waals surface area (Å²) in [4.78, 5) is 36.0. The Morgan fingerprint density at radius 3 is 2.68 bits per heavy atom. The van der Waals surface area contributed by atoms with Crippen molar-refractivity contribution in [3.05, 3.63) is 70.0 Å². The Labute approximate surface area is 165 Å². The highest BCUT2D eigenvalue weighted by atomic mass is 32.2. The molecule has 0 radical (unpaired) electrons. The van der Waals surface area contributed by atoms with Crippen molar-refractivity contribution in [3.63, 3.8) is 0 Å². The first-order valence-electron chi connectivity index (χ1n) is 8.84. The molecule has 1 amide bonds. The second kappa shape index (κ2) is 7.16. The Morgan fingerprint density at radius 2 is 1.93 bits per heavy atom. The average molecular weight is 394 g/mol. The number of carbonyl (C=O) groups excluding carboxylic acids is 1. The number of rotatable bonds is 4. The number of carboxylic acids is 1. The Kier molecular flexibility index (Phi) is 4.68. The third kappa shape index (κ3) is 3.18. The Morgan fingerprint density at radius 1 is 1.18 bits per heavy atom. The topological polar surface area (TPSA) is 88.4 Å². The molecular weight excluding hydrogens is 376 g/mol. The lowest BCUT2D eigenvalue weighted by molar-refractivity contribution is -0.140. The van der Waals surface area contributed by atoms with E-state index in [2.05, 4.69) is 5.32 Å². The van der Waals surface area contributed by atoms with Crippen molar-refractivity contribution in [2.45, 2.75) is 24.4 Å². The quantitative estimate of drug-likeness (QED) is 0.709. The van der Waals surface area contributed by atoms with Crippen LogP contribution in [-0.2, 0) is 16.0 Å². The van der Waals surface area contributed by atoms with Crippen molar-refractivity contribution < 1.29 is 14.7 Å². The SMILES string of the molecule is CC(=O)Nc1c(Cc2cccc3ccccc23)cc(=O)n2c1SCC2C(=O)O. The van der Waals surface area contributed by atoms with Gasteiger partial charge in [-0.25, -0.2) is 4.79 Å². The number of hydrogen-bond donors (Lipinski definition) is 2. The van der Waals surface area contributed by atoms with E-state index < -0.39 is 12.0 Å². The minimum absolute atomic E-state index is 0.259. The van der Waals surface area contributed by atoms with Gasteiger partial charge in [-0.2, -0.15) is 0 Å². The molecule has 0 saturated heterocycles. The maximum Gasteiger partial charge on any atom is 0.327 e. The van der Waals surface area contributed by atoms with E-state index in [1.54, 1.807) is 0 Å². The number of fused-ring (bicyclic) bond motifs is 2. The van der Waals surface area contributed by atoms with Gasteiger partial charge < -0.3 is 10.4 Å². The Bertz CT molecular complexity index is 1160. The summed E-state index contributed by atoms with van der Waals surface area (Å²) in [5.41, 5.74) is 1.87. The number of hydrogen-bond acceptors (Lipinski definition) is 4. The van der Waals surface area contributed by atoms with Crippen LogP contribution >= 0.6 is 11.8 Å². The lowest BCUT2D eigenvalue weighted by Crippen LogP contribution is -2.29. The van der Waals surface area contributed by atoms with E-state index in [4.69, 9.17) is 0 Å². The van der Waals surface area contributed by atoms with Gasteiger partial charge in [-0.3, -0.25) is 14.2 Å². The number of nitrogens with one attached hydrogen (secondary N) is 1. The maximum atomic E-state index is 12.7. The van der Waals surface area contributed by atoms with Gasteiger partial charge in [0.15, 0.2) is 0 Å². The van der Waals surface area contributed by atoms with Gasteiger partial charge in [0.1, 0.15) is 11.1 Å². The predicted molar refractivity (Wildman–Crippen MR) is 109 cm³/mol. The molecule has 7 heteroatoms. The number of carboxylic acid groups (broad SMARTS) is 1. The number of aromatic nitrogens is 1. The molecule has 0 bridgehead atoms. The van der Waals surface area contributed by atoms with Gasteiger partial charge in [0, 0.05) is 25.2 Å². The Balaban J connectivity index is 1.87. The van der Waals surface area contributed by atoms with Crippen molar-refractivity contribution in [1.29, 1.82) is 0 Å². The first-order chi connectivity index (χ1) is 13.5. The van der Waals surface area contributed by atoms with Crippen molar-refractivity contribution in [1.82, 2.24) is 4.57 Å². The smallest absolute Gasteiger partial charge is 0.327 e. The number of aliphatic carboxylic acids is 1. The summed E-state index contributed by atoms with van der Waals surface area (Å²) in [6.07, 6.45) is 0.457. The molecule has 1 aliphatic rings. The van der Waals surface area contributed by atoms with E-state index in [1.165, 1.54) is 29.3 Å². The average Bonchev–Trinajstić information content (AvgIpc) is 3.11. The first-order valence-corrected chi connectivity index (χ1v) is 9.82. The highest BCUT2D eigenvalue weighted by Crippen LogP contribution is 2.39. The molecule has 28 heavy (non-hydrogen) atoms. The van der Waals surface area contributed by atoms with E-state index in [0.717, 1.165) is 16.3 Å². The molecule has 0 fully saturated rings. The monoisotopic (exact) mass is 394 g/mol. The highest BCUT2D eigenvalue weighted by molar-refractivity contribution is 7.99. The van der Waals surface area contributed by atoms with Crippen LogP contribution in [0, 0.1) is 0 Å². The second-order valence-corrected chi connectivity index (χ2v) is 7.73. The van der Waals surface area contributed by atoms with Gasteiger partial charge in [0.05, 0.1) is 5.69 Å². The second-order valence-electron chi connectivity index (χ2n) is 6.72. The standard InChI is InChI=1S/C21H18N2O4S/c1-12(24)22-19-15(9-14-7-4-6-13-5-2-3-8-16(13)14)10-18(25)23-17(21(26)27)11-28-20(19)23/h2-8,10,17H,9,11H2,1H3,(H,22,24)(H,26,27). The molecule has 142 valence electrons. The van der Waals surface area contributed by atoms with Crippen LogP contribution in [0.25, 0.3) is 10.8 Å². The summed E-state index contributed by atoms with van der Waals surface area (Å²) in [6.45, 7) is 1.40. The molecule has 2 N–H and O–H groups in total. The summed E-state index contributed by atoms with van der Waals surface area (Å²) >= 11 is 1.28. The van der Waals surface area contributed by atoms with E-state index in [-0.39, 0.29) is 17.2 Å². The predicted octanol–water partition coefficient (Wildman–Crippen LogP) is 3.28. The number of benzene rings is 2. The number of amides is 1.